The van der Waals surface area contributed by atoms with Gasteiger partial charge in [0.15, 0.2) is 0 Å². The first-order valence-electron chi connectivity index (χ1n) is 3.02. The van der Waals surface area contributed by atoms with Crippen molar-refractivity contribution in [2.75, 3.05) is 5.73 Å². The Balaban J connectivity index is 3.28. The highest BCUT2D eigenvalue weighted by molar-refractivity contribution is 7.17. The molecule has 3 nitrogen and oxygen atoms in total. The van der Waals surface area contributed by atoms with Gasteiger partial charge >= 0.3 is 12.1 Å². The molecule has 0 amide bonds. The summed E-state index contributed by atoms with van der Waals surface area (Å²) < 4.78 is 36.3. The fourth-order valence-corrected chi connectivity index (χ4v) is 1.56. The average Bonchev–Trinajstić information content (AvgIpc) is 2.29. The van der Waals surface area contributed by atoms with Crippen molar-refractivity contribution >= 4 is 22.3 Å². The summed E-state index contributed by atoms with van der Waals surface area (Å²) in [6.07, 6.45) is -4.66. The smallest absolute Gasteiger partial charge is 0.418 e. The molecule has 0 bridgehead atoms. The highest BCUT2D eigenvalue weighted by Crippen LogP contribution is 2.37. The molecule has 0 aliphatic carbocycles. The largest absolute Gasteiger partial charge is 0.477 e. The van der Waals surface area contributed by atoms with Crippen molar-refractivity contribution in [3.05, 3.63) is 16.5 Å². The van der Waals surface area contributed by atoms with Gasteiger partial charge in [-0.05, 0) is 6.07 Å². The molecule has 0 saturated carbocycles. The first kappa shape index (κ1) is 9.85. The fourth-order valence-electron chi connectivity index (χ4n) is 0.780. The molecule has 0 radical (unpaired) electrons. The molecule has 0 aromatic carbocycles. The normalized spacial score (nSPS) is 11.6. The predicted octanol–water partition coefficient (Wildman–Crippen LogP) is 2.05. The van der Waals surface area contributed by atoms with Crippen molar-refractivity contribution in [2.24, 2.45) is 0 Å². The lowest BCUT2D eigenvalue weighted by Crippen LogP contribution is -2.09. The number of hydrogen-bond donors (Lipinski definition) is 2. The van der Waals surface area contributed by atoms with Crippen LogP contribution >= 0.6 is 11.3 Å². The van der Waals surface area contributed by atoms with Crippen LogP contribution in [-0.2, 0) is 6.18 Å². The molecule has 72 valence electrons. The molecule has 1 heterocycles. The van der Waals surface area contributed by atoms with Gasteiger partial charge in [-0.2, -0.15) is 13.2 Å². The number of rotatable bonds is 1. The van der Waals surface area contributed by atoms with E-state index in [1.54, 1.807) is 0 Å². The van der Waals surface area contributed by atoms with E-state index in [9.17, 15) is 18.0 Å². The summed E-state index contributed by atoms with van der Waals surface area (Å²) in [6, 6.07) is 0.619. The lowest BCUT2D eigenvalue weighted by atomic mass is 10.2. The van der Waals surface area contributed by atoms with Gasteiger partial charge in [-0.25, -0.2) is 4.79 Å². The topological polar surface area (TPSA) is 63.3 Å². The van der Waals surface area contributed by atoms with Crippen molar-refractivity contribution in [1.82, 2.24) is 0 Å². The van der Waals surface area contributed by atoms with Crippen LogP contribution in [0.15, 0.2) is 6.07 Å². The second-order valence-electron chi connectivity index (χ2n) is 2.19. The van der Waals surface area contributed by atoms with E-state index < -0.39 is 22.6 Å². The van der Waals surface area contributed by atoms with E-state index in [2.05, 4.69) is 0 Å². The van der Waals surface area contributed by atoms with Crippen LogP contribution in [0.2, 0.25) is 0 Å². The number of alkyl halides is 3. The molecule has 0 fully saturated rings. The third-order valence-electron chi connectivity index (χ3n) is 1.25. The van der Waals surface area contributed by atoms with Crippen LogP contribution in [0.4, 0.5) is 18.2 Å². The standard InChI is InChI=1S/C6H4F3NO2S/c7-6(8,9)2-1-3(10)13-4(2)5(11)12/h1H,10H2,(H,11,12). The van der Waals surface area contributed by atoms with Gasteiger partial charge in [0, 0.05) is 0 Å². The van der Waals surface area contributed by atoms with Crippen molar-refractivity contribution < 1.29 is 23.1 Å². The second-order valence-corrected chi connectivity index (χ2v) is 3.28. The average molecular weight is 211 g/mol. The molecule has 0 aliphatic heterocycles. The molecule has 7 heteroatoms. The molecule has 0 saturated heterocycles. The summed E-state index contributed by atoms with van der Waals surface area (Å²) in [4.78, 5) is 9.56. The second kappa shape index (κ2) is 2.91. The summed E-state index contributed by atoms with van der Waals surface area (Å²) in [5, 5.41) is 8.23. The van der Waals surface area contributed by atoms with Crippen LogP contribution in [-0.4, -0.2) is 11.1 Å². The number of halogens is 3. The minimum atomic E-state index is -4.66. The number of nitrogens with two attached hydrogens (primary N) is 1. The van der Waals surface area contributed by atoms with Crippen LogP contribution in [0.25, 0.3) is 0 Å². The maximum atomic E-state index is 12.1. The first-order valence-corrected chi connectivity index (χ1v) is 3.84. The predicted molar refractivity (Wildman–Crippen MR) is 40.7 cm³/mol. The number of hydrogen-bond acceptors (Lipinski definition) is 3. The lowest BCUT2D eigenvalue weighted by molar-refractivity contribution is -0.137. The Morgan fingerprint density at radius 1 is 1.54 bits per heavy atom. The maximum absolute atomic E-state index is 12.1. The Hall–Kier alpha value is -1.24. The van der Waals surface area contributed by atoms with Gasteiger partial charge in [0.25, 0.3) is 0 Å². The van der Waals surface area contributed by atoms with Crippen molar-refractivity contribution in [3.63, 3.8) is 0 Å². The van der Waals surface area contributed by atoms with E-state index in [0.717, 1.165) is 0 Å². The third kappa shape index (κ3) is 1.92. The van der Waals surface area contributed by atoms with E-state index in [1.165, 1.54) is 0 Å². The lowest BCUT2D eigenvalue weighted by Gasteiger charge is -2.03. The summed E-state index contributed by atoms with van der Waals surface area (Å²) >= 11 is 0.408. The highest BCUT2D eigenvalue weighted by atomic mass is 32.1. The molecule has 13 heavy (non-hydrogen) atoms. The zero-order valence-corrected chi connectivity index (χ0v) is 6.87. The van der Waals surface area contributed by atoms with Gasteiger partial charge in [0.1, 0.15) is 4.88 Å². The van der Waals surface area contributed by atoms with Gasteiger partial charge in [-0.1, -0.05) is 0 Å². The Kier molecular flexibility index (Phi) is 2.21. The quantitative estimate of drug-likeness (QED) is 0.747. The molecule has 0 spiro atoms. The molecule has 1 aromatic heterocycles. The molecule has 1 aromatic rings. The monoisotopic (exact) mass is 211 g/mol. The number of nitrogen functional groups attached to an aromatic ring is 1. The molecular formula is C6H4F3NO2S. The summed E-state index contributed by atoms with van der Waals surface area (Å²) in [6.45, 7) is 0. The zero-order chi connectivity index (χ0) is 10.2. The van der Waals surface area contributed by atoms with Gasteiger partial charge in [0.2, 0.25) is 0 Å². The minimum absolute atomic E-state index is 0.162. The van der Waals surface area contributed by atoms with Crippen LogP contribution in [0, 0.1) is 0 Å². The Labute approximate surface area is 74.6 Å². The molecule has 0 atom stereocenters. The van der Waals surface area contributed by atoms with E-state index in [1.807, 2.05) is 0 Å². The van der Waals surface area contributed by atoms with E-state index in [0.29, 0.717) is 17.4 Å². The summed E-state index contributed by atoms with van der Waals surface area (Å²) in [5.41, 5.74) is 3.88. The van der Waals surface area contributed by atoms with E-state index in [4.69, 9.17) is 10.8 Å². The van der Waals surface area contributed by atoms with Crippen LogP contribution in [0.1, 0.15) is 15.2 Å². The Bertz CT molecular complexity index is 344. The molecule has 1 rings (SSSR count). The van der Waals surface area contributed by atoms with Gasteiger partial charge in [0.05, 0.1) is 10.6 Å². The van der Waals surface area contributed by atoms with Crippen LogP contribution in [0.5, 0.6) is 0 Å². The Morgan fingerprint density at radius 2 is 2.08 bits per heavy atom. The molecular weight excluding hydrogens is 207 g/mol. The van der Waals surface area contributed by atoms with Crippen molar-refractivity contribution in [2.45, 2.75) is 6.18 Å². The number of anilines is 1. The number of carboxylic acids is 1. The number of carbonyl (C=O) groups is 1. The van der Waals surface area contributed by atoms with Crippen molar-refractivity contribution in [1.29, 1.82) is 0 Å². The SMILES string of the molecule is Nc1cc(C(F)(F)F)c(C(=O)O)s1. The molecule has 3 N–H and O–H groups in total. The highest BCUT2D eigenvalue weighted by Gasteiger charge is 2.37. The number of carboxylic acid groups (broad SMARTS) is 1. The van der Waals surface area contributed by atoms with Gasteiger partial charge in [-0.15, -0.1) is 11.3 Å². The number of aromatic carboxylic acids is 1. The van der Waals surface area contributed by atoms with Crippen LogP contribution in [0.3, 0.4) is 0 Å². The number of thiophene rings is 1. The van der Waals surface area contributed by atoms with E-state index in [-0.39, 0.29) is 5.00 Å². The van der Waals surface area contributed by atoms with E-state index >= 15 is 0 Å². The first-order chi connectivity index (χ1) is 5.82. The maximum Gasteiger partial charge on any atom is 0.418 e. The fraction of sp³-hybridized carbons (Fsp3) is 0.167. The Morgan fingerprint density at radius 3 is 2.38 bits per heavy atom. The van der Waals surface area contributed by atoms with Gasteiger partial charge < -0.3 is 10.8 Å². The summed E-state index contributed by atoms with van der Waals surface area (Å²) in [5.74, 6) is -1.62. The summed E-state index contributed by atoms with van der Waals surface area (Å²) in [7, 11) is 0. The van der Waals surface area contributed by atoms with Crippen molar-refractivity contribution in [3.8, 4) is 0 Å². The zero-order valence-electron chi connectivity index (χ0n) is 6.05. The molecule has 0 aliphatic rings. The van der Waals surface area contributed by atoms with Crippen LogP contribution < -0.4 is 5.73 Å². The minimum Gasteiger partial charge on any atom is -0.477 e. The van der Waals surface area contributed by atoms with Gasteiger partial charge in [-0.3, -0.25) is 0 Å². The molecule has 0 unspecified atom stereocenters. The third-order valence-corrected chi connectivity index (χ3v) is 2.20.